The zero-order valence-corrected chi connectivity index (χ0v) is 18.2. The standard InChI is InChI=1S/C26H31FN2O2/c1-31-26(30)21-9-12-24-22(17-28-25(24)16-21)6-2-3-13-29-14-4-5-20(18-29)15-19-7-10-23(27)11-8-19/h7-12,16-17,20,28H,2-6,13-15,18H2,1H3. The number of hydrogen-bond donors (Lipinski definition) is 1. The van der Waals surface area contributed by atoms with Crippen LogP contribution in [0.1, 0.15) is 47.2 Å². The van der Waals surface area contributed by atoms with Crippen molar-refractivity contribution < 1.29 is 13.9 Å². The number of carbonyl (C=O) groups is 1. The molecule has 1 unspecified atom stereocenters. The lowest BCUT2D eigenvalue weighted by atomic mass is 9.91. The highest BCUT2D eigenvalue weighted by atomic mass is 19.1. The fourth-order valence-corrected chi connectivity index (χ4v) is 4.76. The number of unbranched alkanes of at least 4 members (excludes halogenated alkanes) is 1. The summed E-state index contributed by atoms with van der Waals surface area (Å²) >= 11 is 0. The topological polar surface area (TPSA) is 45.3 Å². The summed E-state index contributed by atoms with van der Waals surface area (Å²) in [7, 11) is 1.40. The van der Waals surface area contributed by atoms with E-state index in [4.69, 9.17) is 4.74 Å². The fourth-order valence-electron chi connectivity index (χ4n) is 4.76. The van der Waals surface area contributed by atoms with Crippen molar-refractivity contribution in [3.63, 3.8) is 0 Å². The highest BCUT2D eigenvalue weighted by Gasteiger charge is 2.20. The second-order valence-electron chi connectivity index (χ2n) is 8.66. The van der Waals surface area contributed by atoms with Gasteiger partial charge in [0.25, 0.3) is 0 Å². The average Bonchev–Trinajstić information content (AvgIpc) is 3.20. The summed E-state index contributed by atoms with van der Waals surface area (Å²) in [6.07, 6.45) is 8.96. The van der Waals surface area contributed by atoms with E-state index in [0.29, 0.717) is 11.5 Å². The number of ether oxygens (including phenoxy) is 1. The van der Waals surface area contributed by atoms with Crippen LogP contribution in [0.3, 0.4) is 0 Å². The number of benzene rings is 2. The van der Waals surface area contributed by atoms with Crippen molar-refractivity contribution in [2.24, 2.45) is 5.92 Å². The number of methoxy groups -OCH3 is 1. The first-order chi connectivity index (χ1) is 15.1. The molecule has 5 heteroatoms. The number of esters is 1. The van der Waals surface area contributed by atoms with Crippen LogP contribution in [-0.2, 0) is 17.6 Å². The van der Waals surface area contributed by atoms with Crippen molar-refractivity contribution >= 4 is 16.9 Å². The molecule has 4 rings (SSSR count). The summed E-state index contributed by atoms with van der Waals surface area (Å²) in [6.45, 7) is 3.46. The van der Waals surface area contributed by atoms with Gasteiger partial charge in [-0.1, -0.05) is 18.2 Å². The Morgan fingerprint density at radius 3 is 2.84 bits per heavy atom. The highest BCUT2D eigenvalue weighted by Crippen LogP contribution is 2.23. The van der Waals surface area contributed by atoms with E-state index in [2.05, 4.69) is 16.1 Å². The van der Waals surface area contributed by atoms with E-state index in [1.54, 1.807) is 12.1 Å². The maximum atomic E-state index is 13.1. The molecule has 0 radical (unpaired) electrons. The van der Waals surface area contributed by atoms with E-state index in [-0.39, 0.29) is 11.8 Å². The maximum Gasteiger partial charge on any atom is 0.337 e. The number of aromatic nitrogens is 1. The van der Waals surface area contributed by atoms with Gasteiger partial charge in [-0.05, 0) is 92.9 Å². The van der Waals surface area contributed by atoms with Crippen LogP contribution >= 0.6 is 0 Å². The van der Waals surface area contributed by atoms with Gasteiger partial charge >= 0.3 is 5.97 Å². The number of fused-ring (bicyclic) bond motifs is 1. The molecule has 1 saturated heterocycles. The second-order valence-corrected chi connectivity index (χ2v) is 8.66. The number of halogens is 1. The zero-order chi connectivity index (χ0) is 21.6. The Morgan fingerprint density at radius 1 is 1.19 bits per heavy atom. The van der Waals surface area contributed by atoms with E-state index in [9.17, 15) is 9.18 Å². The monoisotopic (exact) mass is 422 g/mol. The summed E-state index contributed by atoms with van der Waals surface area (Å²) < 4.78 is 17.9. The summed E-state index contributed by atoms with van der Waals surface area (Å²) in [5.41, 5.74) is 4.10. The molecule has 1 fully saturated rings. The number of hydrogen-bond acceptors (Lipinski definition) is 3. The van der Waals surface area contributed by atoms with Gasteiger partial charge < -0.3 is 14.6 Å². The van der Waals surface area contributed by atoms with E-state index < -0.39 is 0 Å². The molecule has 0 spiro atoms. The molecule has 1 aliphatic heterocycles. The summed E-state index contributed by atoms with van der Waals surface area (Å²) in [6, 6.07) is 12.7. The molecule has 0 saturated carbocycles. The minimum atomic E-state index is -0.308. The number of aryl methyl sites for hydroxylation is 1. The van der Waals surface area contributed by atoms with Crippen LogP contribution < -0.4 is 0 Å². The van der Waals surface area contributed by atoms with Crippen LogP contribution in [0.25, 0.3) is 10.9 Å². The molecule has 0 aliphatic carbocycles. The Morgan fingerprint density at radius 2 is 2.03 bits per heavy atom. The van der Waals surface area contributed by atoms with Gasteiger partial charge in [0, 0.05) is 23.6 Å². The molecular formula is C26H31FN2O2. The molecule has 31 heavy (non-hydrogen) atoms. The number of piperidine rings is 1. The summed E-state index contributed by atoms with van der Waals surface area (Å²) in [5.74, 6) is 0.197. The lowest BCUT2D eigenvalue weighted by molar-refractivity contribution is 0.0601. The number of H-pyrrole nitrogens is 1. The Hall–Kier alpha value is -2.66. The molecule has 0 amide bonds. The molecule has 1 N–H and O–H groups in total. The first kappa shape index (κ1) is 21.6. The van der Waals surface area contributed by atoms with Gasteiger partial charge in [0.05, 0.1) is 12.7 Å². The highest BCUT2D eigenvalue weighted by molar-refractivity contribution is 5.95. The third kappa shape index (κ3) is 5.53. The molecule has 2 heterocycles. The summed E-state index contributed by atoms with van der Waals surface area (Å²) in [4.78, 5) is 17.6. The number of nitrogens with one attached hydrogen (secondary N) is 1. The van der Waals surface area contributed by atoms with Gasteiger partial charge in [-0.3, -0.25) is 0 Å². The fraction of sp³-hybridized carbons (Fsp3) is 0.423. The Kier molecular flexibility index (Phi) is 7.03. The van der Waals surface area contributed by atoms with Gasteiger partial charge in [0.15, 0.2) is 0 Å². The van der Waals surface area contributed by atoms with Crippen molar-refractivity contribution in [1.29, 1.82) is 0 Å². The van der Waals surface area contributed by atoms with E-state index in [1.165, 1.54) is 49.4 Å². The van der Waals surface area contributed by atoms with Gasteiger partial charge in [-0.15, -0.1) is 0 Å². The van der Waals surface area contributed by atoms with Crippen LogP contribution in [0.2, 0.25) is 0 Å². The molecule has 4 nitrogen and oxygen atoms in total. The van der Waals surface area contributed by atoms with Gasteiger partial charge in [-0.25, -0.2) is 9.18 Å². The van der Waals surface area contributed by atoms with Crippen molar-refractivity contribution in [3.05, 3.63) is 71.2 Å². The zero-order valence-electron chi connectivity index (χ0n) is 18.2. The van der Waals surface area contributed by atoms with Crippen molar-refractivity contribution in [2.75, 3.05) is 26.7 Å². The molecule has 1 aromatic heterocycles. The minimum Gasteiger partial charge on any atom is -0.465 e. The number of rotatable bonds is 8. The van der Waals surface area contributed by atoms with Gasteiger partial charge in [0.1, 0.15) is 5.82 Å². The third-order valence-corrected chi connectivity index (χ3v) is 6.40. The van der Waals surface area contributed by atoms with Crippen molar-refractivity contribution in [3.8, 4) is 0 Å². The predicted molar refractivity (Wildman–Crippen MR) is 122 cm³/mol. The van der Waals surface area contributed by atoms with Crippen LogP contribution in [0, 0.1) is 11.7 Å². The molecular weight excluding hydrogens is 391 g/mol. The smallest absolute Gasteiger partial charge is 0.337 e. The third-order valence-electron chi connectivity index (χ3n) is 6.40. The van der Waals surface area contributed by atoms with Crippen LogP contribution in [0.15, 0.2) is 48.7 Å². The first-order valence-corrected chi connectivity index (χ1v) is 11.3. The number of aromatic amines is 1. The molecule has 3 aromatic rings. The SMILES string of the molecule is COC(=O)c1ccc2c(CCCCN3CCCC(Cc4ccc(F)cc4)C3)c[nH]c2c1. The van der Waals surface area contributed by atoms with Crippen LogP contribution in [0.4, 0.5) is 4.39 Å². The number of carbonyl (C=O) groups excluding carboxylic acids is 1. The van der Waals surface area contributed by atoms with Crippen LogP contribution in [-0.4, -0.2) is 42.6 Å². The Bertz CT molecular complexity index is 1010. The van der Waals surface area contributed by atoms with Crippen molar-refractivity contribution in [2.45, 2.75) is 38.5 Å². The van der Waals surface area contributed by atoms with Gasteiger partial charge in [0.2, 0.25) is 0 Å². The lowest BCUT2D eigenvalue weighted by Crippen LogP contribution is -2.36. The first-order valence-electron chi connectivity index (χ1n) is 11.3. The van der Waals surface area contributed by atoms with Crippen LogP contribution in [0.5, 0.6) is 0 Å². The largest absolute Gasteiger partial charge is 0.465 e. The van der Waals surface area contributed by atoms with Crippen molar-refractivity contribution in [1.82, 2.24) is 9.88 Å². The Balaban J connectivity index is 1.24. The normalized spacial score (nSPS) is 17.2. The quantitative estimate of drug-likeness (QED) is 0.392. The average molecular weight is 423 g/mol. The number of nitrogens with zero attached hydrogens (tertiary/aromatic N) is 1. The van der Waals surface area contributed by atoms with E-state index >= 15 is 0 Å². The predicted octanol–water partition coefficient (Wildman–Crippen LogP) is 5.37. The molecule has 1 atom stereocenters. The Labute approximate surface area is 183 Å². The maximum absolute atomic E-state index is 13.1. The number of likely N-dealkylation sites (tertiary alicyclic amines) is 1. The molecule has 1 aliphatic rings. The van der Waals surface area contributed by atoms with E-state index in [1.807, 2.05) is 30.3 Å². The van der Waals surface area contributed by atoms with Gasteiger partial charge in [-0.2, -0.15) is 0 Å². The van der Waals surface area contributed by atoms with E-state index in [0.717, 1.165) is 37.9 Å². The lowest BCUT2D eigenvalue weighted by Gasteiger charge is -2.32. The molecule has 164 valence electrons. The molecule has 2 aromatic carbocycles. The minimum absolute atomic E-state index is 0.159. The molecule has 0 bridgehead atoms. The summed E-state index contributed by atoms with van der Waals surface area (Å²) in [5, 5.41) is 1.19. The second kappa shape index (κ2) is 10.1.